The van der Waals surface area contributed by atoms with Gasteiger partial charge in [-0.15, -0.1) is 28.3 Å². The largest absolute Gasteiger partial charge is 0.316 e. The van der Waals surface area contributed by atoms with Gasteiger partial charge in [-0.1, -0.05) is 0 Å². The minimum absolute atomic E-state index is 0. The zero-order valence-corrected chi connectivity index (χ0v) is 16.7. The molecule has 0 aromatic carbocycles. The molecule has 0 aliphatic rings. The molecule has 0 spiro atoms. The Kier molecular flexibility index (Phi) is 4.87. The quantitative estimate of drug-likeness (QED) is 0.505. The molecule has 0 radical (unpaired) electrons. The van der Waals surface area contributed by atoms with Crippen LogP contribution in [0.4, 0.5) is 10.9 Å². The van der Waals surface area contributed by atoms with E-state index in [2.05, 4.69) is 50.3 Å². The van der Waals surface area contributed by atoms with Crippen molar-refractivity contribution in [3.05, 3.63) is 58.9 Å². The van der Waals surface area contributed by atoms with Gasteiger partial charge in [-0.2, -0.15) is 0 Å². The highest BCUT2D eigenvalue weighted by molar-refractivity contribution is 8.93. The van der Waals surface area contributed by atoms with Gasteiger partial charge in [0.25, 0.3) is 0 Å². The van der Waals surface area contributed by atoms with Crippen molar-refractivity contribution in [1.29, 1.82) is 0 Å². The maximum atomic E-state index is 4.72. The molecule has 4 aromatic rings. The number of nitrogens with zero attached hydrogens (tertiary/aromatic N) is 4. The first-order chi connectivity index (χ1) is 11.6. The molecule has 0 aliphatic carbocycles. The van der Waals surface area contributed by atoms with Gasteiger partial charge in [0.05, 0.1) is 11.4 Å². The highest BCUT2D eigenvalue weighted by atomic mass is 79.9. The summed E-state index contributed by atoms with van der Waals surface area (Å²) in [6.45, 7) is 6.14. The lowest BCUT2D eigenvalue weighted by molar-refractivity contribution is 1.16. The van der Waals surface area contributed by atoms with Crippen molar-refractivity contribution in [2.75, 3.05) is 5.32 Å². The highest BCUT2D eigenvalue weighted by Crippen LogP contribution is 2.29. The van der Waals surface area contributed by atoms with Gasteiger partial charge in [-0.05, 0) is 56.2 Å². The van der Waals surface area contributed by atoms with Crippen molar-refractivity contribution in [1.82, 2.24) is 19.4 Å². The van der Waals surface area contributed by atoms with Gasteiger partial charge < -0.3 is 5.32 Å². The summed E-state index contributed by atoms with van der Waals surface area (Å²) < 4.78 is 2.09. The lowest BCUT2D eigenvalue weighted by atomic mass is 10.2. The topological polar surface area (TPSA) is 55.1 Å². The van der Waals surface area contributed by atoms with Crippen molar-refractivity contribution < 1.29 is 0 Å². The van der Waals surface area contributed by atoms with E-state index in [9.17, 15) is 0 Å². The fourth-order valence-corrected chi connectivity index (χ4v) is 3.43. The van der Waals surface area contributed by atoms with E-state index in [1.54, 1.807) is 17.5 Å². The minimum atomic E-state index is 0. The third-order valence-corrected chi connectivity index (χ3v) is 4.61. The molecule has 0 aliphatic heterocycles. The Balaban J connectivity index is 0.00000182. The Labute approximate surface area is 160 Å². The Morgan fingerprint density at radius 2 is 1.84 bits per heavy atom. The van der Waals surface area contributed by atoms with Crippen molar-refractivity contribution in [3.8, 4) is 11.4 Å². The van der Waals surface area contributed by atoms with Gasteiger partial charge in [-0.25, -0.2) is 15.0 Å². The van der Waals surface area contributed by atoms with Crippen molar-refractivity contribution in [2.24, 2.45) is 0 Å². The molecule has 1 N–H and O–H groups in total. The standard InChI is InChI=1S/C18H17N5S.BrH/c1-11-4-6-19-15(8-11)22-18-21-14(10-24-18)17-13(3)20-16-9-12(2)5-7-23(16)17;/h4-10H,1-3H3,(H,19,21,22);1H. The first kappa shape index (κ1) is 17.6. The van der Waals surface area contributed by atoms with Gasteiger partial charge >= 0.3 is 0 Å². The van der Waals surface area contributed by atoms with E-state index in [0.717, 1.165) is 39.2 Å². The summed E-state index contributed by atoms with van der Waals surface area (Å²) >= 11 is 1.57. The fourth-order valence-electron chi connectivity index (χ4n) is 2.73. The number of hydrogen-bond acceptors (Lipinski definition) is 5. The van der Waals surface area contributed by atoms with Crippen LogP contribution in [0.3, 0.4) is 0 Å². The monoisotopic (exact) mass is 415 g/mol. The maximum Gasteiger partial charge on any atom is 0.188 e. The fraction of sp³-hybridized carbons (Fsp3) is 0.167. The van der Waals surface area contributed by atoms with Crippen LogP contribution in [0.1, 0.15) is 16.8 Å². The summed E-state index contributed by atoms with van der Waals surface area (Å²) in [5.74, 6) is 0.807. The molecular weight excluding hydrogens is 398 g/mol. The van der Waals surface area contributed by atoms with Crippen LogP contribution in [0.15, 0.2) is 42.0 Å². The van der Waals surface area contributed by atoms with Crippen LogP contribution in [0.25, 0.3) is 17.0 Å². The molecule has 0 saturated carbocycles. The van der Waals surface area contributed by atoms with E-state index in [4.69, 9.17) is 4.98 Å². The van der Waals surface area contributed by atoms with Gasteiger partial charge in [0.1, 0.15) is 17.2 Å². The van der Waals surface area contributed by atoms with Gasteiger partial charge in [0.15, 0.2) is 5.13 Å². The Morgan fingerprint density at radius 1 is 1.04 bits per heavy atom. The van der Waals surface area contributed by atoms with Crippen LogP contribution in [-0.2, 0) is 0 Å². The molecule has 128 valence electrons. The van der Waals surface area contributed by atoms with Crippen molar-refractivity contribution >= 4 is 44.9 Å². The number of nitrogens with one attached hydrogen (secondary N) is 1. The molecule has 4 aromatic heterocycles. The Hall–Kier alpha value is -2.25. The van der Waals surface area contributed by atoms with E-state index in [-0.39, 0.29) is 17.0 Å². The van der Waals surface area contributed by atoms with Crippen LogP contribution in [0.2, 0.25) is 0 Å². The lowest BCUT2D eigenvalue weighted by Gasteiger charge is -2.02. The summed E-state index contributed by atoms with van der Waals surface area (Å²) in [5, 5.41) is 6.14. The molecule has 25 heavy (non-hydrogen) atoms. The minimum Gasteiger partial charge on any atom is -0.316 e. The number of aromatic nitrogens is 4. The molecule has 4 heterocycles. The molecule has 0 atom stereocenters. The number of pyridine rings is 2. The number of fused-ring (bicyclic) bond motifs is 1. The van der Waals surface area contributed by atoms with Gasteiger partial charge in [-0.3, -0.25) is 4.40 Å². The molecule has 0 bridgehead atoms. The SMILES string of the molecule is Br.Cc1ccnc(Nc2nc(-c3c(C)nc4cc(C)ccn34)cs2)c1. The highest BCUT2D eigenvalue weighted by Gasteiger charge is 2.14. The summed E-state index contributed by atoms with van der Waals surface area (Å²) in [6, 6.07) is 8.14. The molecule has 0 saturated heterocycles. The van der Waals surface area contributed by atoms with Gasteiger partial charge in [0.2, 0.25) is 0 Å². The number of halogens is 1. The Bertz CT molecular complexity index is 1040. The van der Waals surface area contributed by atoms with Crippen LogP contribution in [-0.4, -0.2) is 19.4 Å². The number of aryl methyl sites for hydroxylation is 3. The average molecular weight is 416 g/mol. The van der Waals surface area contributed by atoms with E-state index in [0.29, 0.717) is 0 Å². The van der Waals surface area contributed by atoms with Crippen LogP contribution < -0.4 is 5.32 Å². The summed E-state index contributed by atoms with van der Waals surface area (Å²) in [7, 11) is 0. The second-order valence-electron chi connectivity index (χ2n) is 5.86. The third kappa shape index (κ3) is 3.43. The van der Waals surface area contributed by atoms with Crippen LogP contribution in [0, 0.1) is 20.8 Å². The third-order valence-electron chi connectivity index (χ3n) is 3.85. The first-order valence-corrected chi connectivity index (χ1v) is 8.59. The second-order valence-corrected chi connectivity index (χ2v) is 6.72. The van der Waals surface area contributed by atoms with E-state index in [1.807, 2.05) is 26.0 Å². The molecular formula is C18H18BrN5S. The predicted molar refractivity (Wildman–Crippen MR) is 108 cm³/mol. The zero-order chi connectivity index (χ0) is 16.7. The van der Waals surface area contributed by atoms with Crippen molar-refractivity contribution in [3.63, 3.8) is 0 Å². The van der Waals surface area contributed by atoms with E-state index in [1.165, 1.54) is 5.56 Å². The molecule has 0 fully saturated rings. The lowest BCUT2D eigenvalue weighted by Crippen LogP contribution is -1.94. The summed E-state index contributed by atoms with van der Waals surface area (Å²) in [5.41, 5.74) is 6.24. The predicted octanol–water partition coefficient (Wildman–Crippen LogP) is 5.10. The smallest absolute Gasteiger partial charge is 0.188 e. The molecule has 0 unspecified atom stereocenters. The molecule has 0 amide bonds. The van der Waals surface area contributed by atoms with E-state index >= 15 is 0 Å². The molecule has 4 rings (SSSR count). The number of imidazole rings is 1. The van der Waals surface area contributed by atoms with Crippen LogP contribution in [0.5, 0.6) is 0 Å². The van der Waals surface area contributed by atoms with Crippen LogP contribution >= 0.6 is 28.3 Å². The molecule has 5 nitrogen and oxygen atoms in total. The summed E-state index contributed by atoms with van der Waals surface area (Å²) in [6.07, 6.45) is 3.84. The molecule has 7 heteroatoms. The maximum absolute atomic E-state index is 4.72. The Morgan fingerprint density at radius 3 is 2.64 bits per heavy atom. The normalized spacial score (nSPS) is 10.7. The van der Waals surface area contributed by atoms with E-state index < -0.39 is 0 Å². The summed E-state index contributed by atoms with van der Waals surface area (Å²) in [4.78, 5) is 13.7. The number of hydrogen-bond donors (Lipinski definition) is 1. The first-order valence-electron chi connectivity index (χ1n) is 7.71. The van der Waals surface area contributed by atoms with Crippen molar-refractivity contribution in [2.45, 2.75) is 20.8 Å². The number of thiazole rings is 1. The second kappa shape index (κ2) is 6.93. The average Bonchev–Trinajstić information content (AvgIpc) is 3.10. The van der Waals surface area contributed by atoms with Gasteiger partial charge in [0, 0.05) is 17.8 Å². The number of anilines is 2. The number of rotatable bonds is 3. The zero-order valence-electron chi connectivity index (χ0n) is 14.1.